The van der Waals surface area contributed by atoms with E-state index in [1.54, 1.807) is 12.1 Å². The zero-order valence-electron chi connectivity index (χ0n) is 18.1. The van der Waals surface area contributed by atoms with Crippen LogP contribution in [0.3, 0.4) is 0 Å². The molecule has 4 aromatic rings. The van der Waals surface area contributed by atoms with Crippen LogP contribution < -0.4 is 16.4 Å². The molecule has 1 fully saturated rings. The molecule has 1 aromatic carbocycles. The molecule has 0 spiro atoms. The average Bonchev–Trinajstić information content (AvgIpc) is 3.26. The second-order valence-corrected chi connectivity index (χ2v) is 8.94. The summed E-state index contributed by atoms with van der Waals surface area (Å²) < 4.78 is 0. The van der Waals surface area contributed by atoms with Gasteiger partial charge in [0.05, 0.1) is 17.6 Å². The van der Waals surface area contributed by atoms with Gasteiger partial charge in [-0.3, -0.25) is 4.79 Å². The summed E-state index contributed by atoms with van der Waals surface area (Å²) in [6.07, 6.45) is 10.1. The third-order valence-electron chi connectivity index (χ3n) is 6.65. The van der Waals surface area contributed by atoms with Crippen LogP contribution in [0.15, 0.2) is 48.9 Å². The fourth-order valence-electron chi connectivity index (χ4n) is 5.07. The van der Waals surface area contributed by atoms with Crippen LogP contribution in [0.2, 0.25) is 0 Å². The molecule has 2 aliphatic carbocycles. The summed E-state index contributed by atoms with van der Waals surface area (Å²) in [5.41, 5.74) is 12.3. The van der Waals surface area contributed by atoms with E-state index in [9.17, 15) is 4.79 Å². The maximum absolute atomic E-state index is 12.6. The lowest BCUT2D eigenvalue weighted by Gasteiger charge is -2.30. The highest BCUT2D eigenvalue weighted by molar-refractivity contribution is 6.00. The van der Waals surface area contributed by atoms with Crippen molar-refractivity contribution < 1.29 is 4.79 Å². The summed E-state index contributed by atoms with van der Waals surface area (Å²) in [7, 11) is 0. The predicted octanol–water partition coefficient (Wildman–Crippen LogP) is 3.66. The number of aromatic amines is 1. The van der Waals surface area contributed by atoms with E-state index in [2.05, 4.69) is 43.8 Å². The van der Waals surface area contributed by atoms with Gasteiger partial charge in [0, 0.05) is 52.9 Å². The first-order valence-corrected chi connectivity index (χ1v) is 11.4. The second-order valence-electron chi connectivity index (χ2n) is 8.94. The quantitative estimate of drug-likeness (QED) is 0.339. The minimum absolute atomic E-state index is 0.0805. The highest BCUT2D eigenvalue weighted by Crippen LogP contribution is 2.38. The molecule has 8 heteroatoms. The number of carbonyl (C=O) groups excluding carboxylic acids is 1. The predicted molar refractivity (Wildman–Crippen MR) is 128 cm³/mol. The van der Waals surface area contributed by atoms with E-state index in [0.29, 0.717) is 17.3 Å². The molecule has 8 nitrogen and oxygen atoms in total. The SMILES string of the molecule is Nc1ccc(C(=O)NC2CCCC(Nc3ncc4c(n3)-c3c[nH]c5cccc(c35)C4)C2)nc1. The van der Waals surface area contributed by atoms with Crippen molar-refractivity contribution in [2.75, 3.05) is 11.1 Å². The largest absolute Gasteiger partial charge is 0.397 e. The van der Waals surface area contributed by atoms with Gasteiger partial charge in [0.25, 0.3) is 5.91 Å². The van der Waals surface area contributed by atoms with Crippen LogP contribution in [0.1, 0.15) is 47.3 Å². The fourth-order valence-corrected chi connectivity index (χ4v) is 5.07. The minimum atomic E-state index is -0.166. The van der Waals surface area contributed by atoms with Crippen LogP contribution in [0, 0.1) is 0 Å². The average molecular weight is 440 g/mol. The van der Waals surface area contributed by atoms with Crippen LogP contribution >= 0.6 is 0 Å². The molecular weight excluding hydrogens is 414 g/mol. The number of anilines is 2. The van der Waals surface area contributed by atoms with Gasteiger partial charge in [0.1, 0.15) is 5.69 Å². The third-order valence-corrected chi connectivity index (χ3v) is 6.65. The van der Waals surface area contributed by atoms with Crippen LogP contribution in [-0.2, 0) is 6.42 Å². The molecule has 5 N–H and O–H groups in total. The first-order chi connectivity index (χ1) is 16.1. The Morgan fingerprint density at radius 2 is 1.97 bits per heavy atom. The Morgan fingerprint density at radius 1 is 1.06 bits per heavy atom. The zero-order valence-corrected chi connectivity index (χ0v) is 18.1. The van der Waals surface area contributed by atoms with E-state index in [0.717, 1.165) is 54.4 Å². The Kier molecular flexibility index (Phi) is 4.71. The molecule has 33 heavy (non-hydrogen) atoms. The molecule has 0 aliphatic heterocycles. The maximum atomic E-state index is 12.6. The molecule has 6 rings (SSSR count). The molecule has 0 radical (unpaired) electrons. The molecule has 1 saturated carbocycles. The number of nitrogens with one attached hydrogen (secondary N) is 3. The normalized spacial score (nSPS) is 19.2. The molecule has 166 valence electrons. The van der Waals surface area contributed by atoms with Crippen molar-refractivity contribution in [2.24, 2.45) is 0 Å². The second kappa shape index (κ2) is 7.88. The van der Waals surface area contributed by atoms with Crippen molar-refractivity contribution >= 4 is 28.4 Å². The lowest BCUT2D eigenvalue weighted by atomic mass is 9.90. The lowest BCUT2D eigenvalue weighted by molar-refractivity contribution is 0.0921. The van der Waals surface area contributed by atoms with E-state index in [-0.39, 0.29) is 18.0 Å². The molecular formula is C25H25N7O. The van der Waals surface area contributed by atoms with Crippen molar-refractivity contribution in [1.82, 2.24) is 25.3 Å². The first-order valence-electron chi connectivity index (χ1n) is 11.4. The molecule has 2 atom stereocenters. The standard InChI is InChI=1S/C25H25N7O/c26-16-7-8-21(27-12-16)24(33)30-17-4-2-5-18(10-17)31-25-29-11-15-9-14-3-1-6-20-22(14)19(13-28-20)23(15)32-25/h1,3,6-8,11-13,17-18,28H,2,4-5,9-10,26H2,(H,30,33)(H,29,31,32). The lowest BCUT2D eigenvalue weighted by Crippen LogP contribution is -2.42. The highest BCUT2D eigenvalue weighted by Gasteiger charge is 2.26. The minimum Gasteiger partial charge on any atom is -0.397 e. The van der Waals surface area contributed by atoms with Crippen molar-refractivity contribution in [3.05, 3.63) is 65.7 Å². The number of carbonyl (C=O) groups is 1. The first kappa shape index (κ1) is 19.7. The van der Waals surface area contributed by atoms with Crippen LogP contribution in [-0.4, -0.2) is 37.9 Å². The van der Waals surface area contributed by atoms with Crippen molar-refractivity contribution in [1.29, 1.82) is 0 Å². The number of benzene rings is 1. The summed E-state index contributed by atoms with van der Waals surface area (Å²) >= 11 is 0. The molecule has 2 aliphatic rings. The van der Waals surface area contributed by atoms with Gasteiger partial charge in [0.2, 0.25) is 5.95 Å². The Morgan fingerprint density at radius 3 is 2.85 bits per heavy atom. The number of nitrogen functional groups attached to an aromatic ring is 1. The molecule has 3 heterocycles. The van der Waals surface area contributed by atoms with Gasteiger partial charge in [-0.25, -0.2) is 15.0 Å². The summed E-state index contributed by atoms with van der Waals surface area (Å²) in [6, 6.07) is 9.98. The van der Waals surface area contributed by atoms with Gasteiger partial charge in [0.15, 0.2) is 0 Å². The number of nitrogens with two attached hydrogens (primary N) is 1. The van der Waals surface area contributed by atoms with Gasteiger partial charge in [-0.2, -0.15) is 0 Å². The van der Waals surface area contributed by atoms with Gasteiger partial charge in [-0.15, -0.1) is 0 Å². The van der Waals surface area contributed by atoms with Crippen LogP contribution in [0.25, 0.3) is 22.2 Å². The molecule has 3 aromatic heterocycles. The Hall–Kier alpha value is -3.94. The van der Waals surface area contributed by atoms with E-state index in [4.69, 9.17) is 10.7 Å². The molecule has 2 unspecified atom stereocenters. The van der Waals surface area contributed by atoms with Crippen molar-refractivity contribution in [3.63, 3.8) is 0 Å². The number of rotatable bonds is 4. The fraction of sp³-hybridized carbons (Fsp3) is 0.280. The summed E-state index contributed by atoms with van der Waals surface area (Å²) in [5, 5.41) is 7.88. The Bertz CT molecular complexity index is 1340. The number of aromatic nitrogens is 4. The monoisotopic (exact) mass is 439 g/mol. The zero-order chi connectivity index (χ0) is 22.4. The molecule has 0 bridgehead atoms. The maximum Gasteiger partial charge on any atom is 0.270 e. The van der Waals surface area contributed by atoms with Crippen molar-refractivity contribution in [2.45, 2.75) is 44.2 Å². The smallest absolute Gasteiger partial charge is 0.270 e. The third kappa shape index (κ3) is 3.67. The number of nitrogens with zero attached hydrogens (tertiary/aromatic N) is 3. The molecule has 0 saturated heterocycles. The molecule has 1 amide bonds. The van der Waals surface area contributed by atoms with E-state index >= 15 is 0 Å². The van der Waals surface area contributed by atoms with Crippen molar-refractivity contribution in [3.8, 4) is 11.3 Å². The van der Waals surface area contributed by atoms with Gasteiger partial charge < -0.3 is 21.4 Å². The van der Waals surface area contributed by atoms with E-state index in [1.165, 1.54) is 17.1 Å². The number of hydrogen-bond acceptors (Lipinski definition) is 6. The summed E-state index contributed by atoms with van der Waals surface area (Å²) in [5.74, 6) is 0.473. The summed E-state index contributed by atoms with van der Waals surface area (Å²) in [6.45, 7) is 0. The summed E-state index contributed by atoms with van der Waals surface area (Å²) in [4.78, 5) is 29.5. The van der Waals surface area contributed by atoms with Crippen LogP contribution in [0.4, 0.5) is 11.6 Å². The highest BCUT2D eigenvalue weighted by atomic mass is 16.1. The van der Waals surface area contributed by atoms with E-state index < -0.39 is 0 Å². The van der Waals surface area contributed by atoms with Gasteiger partial charge in [-0.05, 0) is 49.4 Å². The van der Waals surface area contributed by atoms with Gasteiger partial charge in [-0.1, -0.05) is 12.1 Å². The van der Waals surface area contributed by atoms with E-state index in [1.807, 2.05) is 12.4 Å². The van der Waals surface area contributed by atoms with Crippen LogP contribution in [0.5, 0.6) is 0 Å². The van der Waals surface area contributed by atoms with Gasteiger partial charge >= 0.3 is 0 Å². The number of H-pyrrole nitrogens is 1. The number of amides is 1. The Labute approximate surface area is 191 Å². The number of fused-ring (bicyclic) bond motifs is 2. The number of pyridine rings is 1. The topological polar surface area (TPSA) is 122 Å². The number of hydrogen-bond donors (Lipinski definition) is 4. The Balaban J connectivity index is 1.17.